The summed E-state index contributed by atoms with van der Waals surface area (Å²) in [5.41, 5.74) is 0.831. The molecule has 0 spiro atoms. The van der Waals surface area contributed by atoms with E-state index in [1.54, 1.807) is 13.2 Å². The Kier molecular flexibility index (Phi) is 5.46. The number of rotatable bonds is 5. The molecule has 2 amide bonds. The van der Waals surface area contributed by atoms with Crippen LogP contribution in [0.5, 0.6) is 5.75 Å². The van der Waals surface area contributed by atoms with Gasteiger partial charge in [0.25, 0.3) is 0 Å². The number of nitrogens with zero attached hydrogens (tertiary/aromatic N) is 3. The minimum atomic E-state index is -0.267. The minimum absolute atomic E-state index is 0.0220. The molecule has 2 saturated heterocycles. The Hall–Kier alpha value is -2.25. The highest BCUT2D eigenvalue weighted by molar-refractivity contribution is 6.05. The maximum atomic E-state index is 13.6. The lowest BCUT2D eigenvalue weighted by molar-refractivity contribution is -0.142. The molecule has 0 unspecified atom stereocenters. The van der Waals surface area contributed by atoms with E-state index in [9.17, 15) is 14.0 Å². The summed E-state index contributed by atoms with van der Waals surface area (Å²) in [6.07, 6.45) is 5.37. The predicted octanol–water partition coefficient (Wildman–Crippen LogP) is 1.86. The number of hydrogen-bond donors (Lipinski definition) is 0. The van der Waals surface area contributed by atoms with Crippen molar-refractivity contribution in [3.8, 4) is 5.75 Å². The van der Waals surface area contributed by atoms with Crippen molar-refractivity contribution < 1.29 is 18.7 Å². The predicted molar refractivity (Wildman–Crippen MR) is 102 cm³/mol. The maximum Gasteiger partial charge on any atom is 0.234 e. The summed E-state index contributed by atoms with van der Waals surface area (Å²) in [4.78, 5) is 31.1. The van der Waals surface area contributed by atoms with E-state index in [-0.39, 0.29) is 29.5 Å². The zero-order valence-corrected chi connectivity index (χ0v) is 16.1. The Labute approximate surface area is 164 Å². The Balaban J connectivity index is 1.32. The van der Waals surface area contributed by atoms with Gasteiger partial charge in [-0.05, 0) is 31.0 Å². The summed E-state index contributed by atoms with van der Waals surface area (Å²) in [7, 11) is 1.59. The van der Waals surface area contributed by atoms with Gasteiger partial charge in [-0.15, -0.1) is 0 Å². The molecule has 0 aromatic heterocycles. The van der Waals surface area contributed by atoms with Crippen molar-refractivity contribution in [3.05, 3.63) is 41.7 Å². The third-order valence-electron chi connectivity index (χ3n) is 6.04. The summed E-state index contributed by atoms with van der Waals surface area (Å²) in [5, 5.41) is 0. The van der Waals surface area contributed by atoms with Gasteiger partial charge in [-0.3, -0.25) is 24.3 Å². The van der Waals surface area contributed by atoms with E-state index in [0.717, 1.165) is 31.7 Å². The first kappa shape index (κ1) is 19.1. The van der Waals surface area contributed by atoms with Crippen molar-refractivity contribution in [2.45, 2.75) is 19.4 Å². The number of ether oxygens (including phenoxy) is 1. The normalized spacial score (nSPS) is 26.0. The van der Waals surface area contributed by atoms with Gasteiger partial charge in [-0.1, -0.05) is 12.2 Å². The molecular formula is C21H26FN3O3. The highest BCUT2D eigenvalue weighted by Crippen LogP contribution is 2.35. The quantitative estimate of drug-likeness (QED) is 0.570. The van der Waals surface area contributed by atoms with Gasteiger partial charge in [0.15, 0.2) is 0 Å². The van der Waals surface area contributed by atoms with Crippen molar-refractivity contribution in [1.29, 1.82) is 0 Å². The standard InChI is InChI=1S/C21H26FN3O3/c1-28-19-7-6-16(22)12-15(19)13-23-8-10-24(11-9-23)14-25-20(26)17-4-2-3-5-18(17)21(25)27/h2-3,6-7,12,17-18H,4-5,8-11,13-14H2,1H3/t17-,18-/m0/s1. The molecule has 7 heteroatoms. The molecule has 4 rings (SSSR count). The highest BCUT2D eigenvalue weighted by atomic mass is 19.1. The van der Waals surface area contributed by atoms with Gasteiger partial charge in [0.2, 0.25) is 11.8 Å². The van der Waals surface area contributed by atoms with Crippen molar-refractivity contribution >= 4 is 11.8 Å². The lowest BCUT2D eigenvalue weighted by Crippen LogP contribution is -2.51. The molecule has 1 aliphatic carbocycles. The van der Waals surface area contributed by atoms with Gasteiger partial charge < -0.3 is 4.74 Å². The molecule has 2 fully saturated rings. The largest absolute Gasteiger partial charge is 0.496 e. The zero-order valence-electron chi connectivity index (χ0n) is 16.1. The molecule has 0 saturated carbocycles. The Morgan fingerprint density at radius 2 is 1.61 bits per heavy atom. The van der Waals surface area contributed by atoms with Crippen LogP contribution in [0.2, 0.25) is 0 Å². The van der Waals surface area contributed by atoms with Crippen LogP contribution < -0.4 is 4.74 Å². The first-order valence-corrected chi connectivity index (χ1v) is 9.84. The molecule has 1 aromatic rings. The van der Waals surface area contributed by atoms with Crippen molar-refractivity contribution in [2.24, 2.45) is 11.8 Å². The fourth-order valence-corrected chi connectivity index (χ4v) is 4.41. The minimum Gasteiger partial charge on any atom is -0.496 e. The second-order valence-corrected chi connectivity index (χ2v) is 7.75. The molecule has 0 N–H and O–H groups in total. The second-order valence-electron chi connectivity index (χ2n) is 7.75. The van der Waals surface area contributed by atoms with Gasteiger partial charge in [0.1, 0.15) is 11.6 Å². The average Bonchev–Trinajstić information content (AvgIpc) is 2.95. The molecule has 28 heavy (non-hydrogen) atoms. The number of carbonyl (C=O) groups is 2. The first-order chi connectivity index (χ1) is 13.6. The summed E-state index contributed by atoms with van der Waals surface area (Å²) < 4.78 is 18.9. The Bertz CT molecular complexity index is 763. The third-order valence-corrected chi connectivity index (χ3v) is 6.04. The number of hydrogen-bond acceptors (Lipinski definition) is 5. The number of halogens is 1. The Morgan fingerprint density at radius 1 is 1.00 bits per heavy atom. The van der Waals surface area contributed by atoms with Crippen molar-refractivity contribution in [3.63, 3.8) is 0 Å². The summed E-state index contributed by atoms with van der Waals surface area (Å²) >= 11 is 0. The summed E-state index contributed by atoms with van der Waals surface area (Å²) in [5.74, 6) is 0.0424. The van der Waals surface area contributed by atoms with E-state index < -0.39 is 0 Å². The van der Waals surface area contributed by atoms with Gasteiger partial charge in [-0.2, -0.15) is 0 Å². The van der Waals surface area contributed by atoms with E-state index in [1.807, 2.05) is 12.2 Å². The van der Waals surface area contributed by atoms with Crippen molar-refractivity contribution in [2.75, 3.05) is 40.0 Å². The smallest absolute Gasteiger partial charge is 0.234 e. The number of benzene rings is 1. The summed E-state index contributed by atoms with van der Waals surface area (Å²) in [6, 6.07) is 4.57. The van der Waals surface area contributed by atoms with E-state index in [0.29, 0.717) is 31.8 Å². The van der Waals surface area contributed by atoms with Gasteiger partial charge in [0, 0.05) is 38.3 Å². The number of amides is 2. The number of methoxy groups -OCH3 is 1. The number of likely N-dealkylation sites (tertiary alicyclic amines) is 1. The van der Waals surface area contributed by atoms with Crippen LogP contribution >= 0.6 is 0 Å². The molecule has 2 atom stereocenters. The monoisotopic (exact) mass is 387 g/mol. The van der Waals surface area contributed by atoms with Crippen LogP contribution in [0.15, 0.2) is 30.4 Å². The third kappa shape index (κ3) is 3.69. The number of carbonyl (C=O) groups excluding carboxylic acids is 2. The number of piperazine rings is 1. The van der Waals surface area contributed by atoms with Crippen LogP contribution in [0.25, 0.3) is 0 Å². The van der Waals surface area contributed by atoms with Crippen LogP contribution in [0.3, 0.4) is 0 Å². The van der Waals surface area contributed by atoms with Crippen LogP contribution in [0.1, 0.15) is 18.4 Å². The molecule has 1 aromatic carbocycles. The van der Waals surface area contributed by atoms with Crippen LogP contribution in [0, 0.1) is 17.7 Å². The van der Waals surface area contributed by atoms with Gasteiger partial charge in [0.05, 0.1) is 25.6 Å². The van der Waals surface area contributed by atoms with Gasteiger partial charge >= 0.3 is 0 Å². The lowest BCUT2D eigenvalue weighted by Gasteiger charge is -2.36. The molecule has 0 radical (unpaired) electrons. The second kappa shape index (κ2) is 8.01. The fourth-order valence-electron chi connectivity index (χ4n) is 4.41. The molecule has 2 aliphatic heterocycles. The van der Waals surface area contributed by atoms with Crippen LogP contribution in [-0.4, -0.2) is 66.5 Å². The maximum absolute atomic E-state index is 13.6. The van der Waals surface area contributed by atoms with Crippen molar-refractivity contribution in [1.82, 2.24) is 14.7 Å². The Morgan fingerprint density at radius 3 is 2.21 bits per heavy atom. The van der Waals surface area contributed by atoms with E-state index in [4.69, 9.17) is 4.74 Å². The molecular weight excluding hydrogens is 361 g/mol. The van der Waals surface area contributed by atoms with Crippen LogP contribution in [-0.2, 0) is 16.1 Å². The number of allylic oxidation sites excluding steroid dienone is 2. The number of imide groups is 1. The average molecular weight is 387 g/mol. The summed E-state index contributed by atoms with van der Waals surface area (Å²) in [6.45, 7) is 4.12. The molecule has 0 bridgehead atoms. The highest BCUT2D eigenvalue weighted by Gasteiger charge is 2.47. The zero-order chi connectivity index (χ0) is 19.7. The van der Waals surface area contributed by atoms with Crippen LogP contribution in [0.4, 0.5) is 4.39 Å². The lowest BCUT2D eigenvalue weighted by atomic mass is 9.85. The molecule has 150 valence electrons. The first-order valence-electron chi connectivity index (χ1n) is 9.84. The van der Waals surface area contributed by atoms with Gasteiger partial charge in [-0.25, -0.2) is 4.39 Å². The van der Waals surface area contributed by atoms with E-state index in [2.05, 4.69) is 9.80 Å². The molecule has 6 nitrogen and oxygen atoms in total. The van der Waals surface area contributed by atoms with E-state index in [1.165, 1.54) is 17.0 Å². The van der Waals surface area contributed by atoms with E-state index >= 15 is 0 Å². The number of fused-ring (bicyclic) bond motifs is 1. The topological polar surface area (TPSA) is 53.1 Å². The SMILES string of the molecule is COc1ccc(F)cc1CN1CCN(CN2C(=O)[C@H]3CC=CC[C@@H]3C2=O)CC1. The molecule has 3 aliphatic rings. The fraction of sp³-hybridized carbons (Fsp3) is 0.524. The molecule has 2 heterocycles.